The average Bonchev–Trinajstić information content (AvgIpc) is 2.88. The lowest BCUT2D eigenvalue weighted by Gasteiger charge is -2.31. The second-order valence-corrected chi connectivity index (χ2v) is 7.89. The van der Waals surface area contributed by atoms with Gasteiger partial charge in [-0.15, -0.1) is 10.2 Å². The summed E-state index contributed by atoms with van der Waals surface area (Å²) in [5, 5.41) is 24.3. The number of hydrogen-bond donors (Lipinski definition) is 2. The van der Waals surface area contributed by atoms with E-state index < -0.39 is 5.82 Å². The first-order valence-corrected chi connectivity index (χ1v) is 9.71. The minimum atomic E-state index is -0.500. The number of aromatic hydroxyl groups is 1. The van der Waals surface area contributed by atoms with E-state index in [2.05, 4.69) is 15.5 Å². The zero-order valence-corrected chi connectivity index (χ0v) is 15.7. The van der Waals surface area contributed by atoms with Gasteiger partial charge in [0, 0.05) is 28.7 Å². The van der Waals surface area contributed by atoms with Crippen molar-refractivity contribution >= 4 is 16.6 Å². The highest BCUT2D eigenvalue weighted by Crippen LogP contribution is 2.40. The summed E-state index contributed by atoms with van der Waals surface area (Å²) in [6.07, 6.45) is 2.32. The monoisotopic (exact) mass is 379 g/mol. The van der Waals surface area contributed by atoms with Crippen molar-refractivity contribution in [2.24, 2.45) is 11.8 Å². The molecular weight excluding hydrogens is 357 g/mol. The Bertz CT molecular complexity index is 1020. The van der Waals surface area contributed by atoms with Crippen LogP contribution < -0.4 is 5.32 Å². The first-order valence-electron chi connectivity index (χ1n) is 9.71. The molecule has 1 saturated heterocycles. The fourth-order valence-electron chi connectivity index (χ4n) is 4.66. The molecule has 2 atom stereocenters. The molecule has 28 heavy (non-hydrogen) atoms. The molecule has 2 unspecified atom stereocenters. The smallest absolute Gasteiger partial charge is 0.156 e. The number of ether oxygens (including phenoxy) is 1. The Morgan fingerprint density at radius 1 is 1.07 bits per heavy atom. The van der Waals surface area contributed by atoms with Gasteiger partial charge < -0.3 is 15.2 Å². The third kappa shape index (κ3) is 2.79. The van der Waals surface area contributed by atoms with Crippen LogP contribution in [0, 0.1) is 24.6 Å². The van der Waals surface area contributed by atoms with Gasteiger partial charge in [-0.2, -0.15) is 0 Å². The largest absolute Gasteiger partial charge is 0.507 e. The molecule has 1 aromatic heterocycles. The van der Waals surface area contributed by atoms with Crippen molar-refractivity contribution in [1.82, 2.24) is 10.2 Å². The maximum Gasteiger partial charge on any atom is 0.156 e. The van der Waals surface area contributed by atoms with E-state index in [1.165, 1.54) is 6.07 Å². The Morgan fingerprint density at radius 3 is 2.50 bits per heavy atom. The van der Waals surface area contributed by atoms with Gasteiger partial charge in [-0.3, -0.25) is 0 Å². The number of hydrogen-bond acceptors (Lipinski definition) is 5. The number of phenolic OH excluding ortho intramolecular Hbond substituents is 1. The summed E-state index contributed by atoms with van der Waals surface area (Å²) in [6, 6.07) is 10.9. The predicted octanol–water partition coefficient (Wildman–Crippen LogP) is 4.29. The highest BCUT2D eigenvalue weighted by atomic mass is 19.1. The quantitative estimate of drug-likeness (QED) is 0.711. The fraction of sp³-hybridized carbons (Fsp3) is 0.364. The molecule has 0 spiro atoms. The topological polar surface area (TPSA) is 67.3 Å². The maximum atomic E-state index is 14.7. The number of benzene rings is 2. The minimum Gasteiger partial charge on any atom is -0.507 e. The average molecular weight is 379 g/mol. The Hall–Kier alpha value is -2.73. The molecule has 6 heteroatoms. The van der Waals surface area contributed by atoms with Crippen molar-refractivity contribution in [2.75, 3.05) is 18.5 Å². The molecule has 2 aliphatic rings. The fourth-order valence-corrected chi connectivity index (χ4v) is 4.66. The summed E-state index contributed by atoms with van der Waals surface area (Å²) in [5.41, 5.74) is 1.10. The Balaban J connectivity index is 1.61. The van der Waals surface area contributed by atoms with E-state index in [0.29, 0.717) is 35.0 Å². The van der Waals surface area contributed by atoms with Crippen LogP contribution in [0.15, 0.2) is 36.4 Å². The first-order chi connectivity index (χ1) is 13.6. The van der Waals surface area contributed by atoms with Gasteiger partial charge in [0.15, 0.2) is 5.82 Å². The third-order valence-electron chi connectivity index (χ3n) is 6.03. The number of aryl methyl sites for hydroxylation is 1. The number of halogens is 1. The van der Waals surface area contributed by atoms with Gasteiger partial charge in [0.2, 0.25) is 0 Å². The van der Waals surface area contributed by atoms with Crippen LogP contribution in [0.5, 0.6) is 5.75 Å². The summed E-state index contributed by atoms with van der Waals surface area (Å²) in [6.45, 7) is 3.30. The van der Waals surface area contributed by atoms with Crippen LogP contribution >= 0.6 is 0 Å². The van der Waals surface area contributed by atoms with Crippen LogP contribution in [-0.4, -0.2) is 34.6 Å². The molecule has 3 aromatic rings. The lowest BCUT2D eigenvalue weighted by atomic mass is 9.96. The highest BCUT2D eigenvalue weighted by Gasteiger charge is 2.40. The summed E-state index contributed by atoms with van der Waals surface area (Å²) in [7, 11) is 0. The van der Waals surface area contributed by atoms with Gasteiger partial charge in [0.05, 0.1) is 18.8 Å². The number of rotatable bonds is 3. The third-order valence-corrected chi connectivity index (χ3v) is 6.03. The zero-order chi connectivity index (χ0) is 19.3. The summed E-state index contributed by atoms with van der Waals surface area (Å²) in [4.78, 5) is 0. The van der Waals surface area contributed by atoms with E-state index in [4.69, 9.17) is 4.74 Å². The standard InChI is InChI=1S/C22H22FN3O2/c1-12-8-17(23)19(18(27)9-12)21-15-4-2-3-5-16(15)22(26-25-21)24-20-13-6-7-14(20)11-28-10-13/h2-5,8-9,13-14,20,27H,6-7,10-11H2,1H3,(H,24,26). The van der Waals surface area contributed by atoms with E-state index in [1.807, 2.05) is 24.3 Å². The number of phenols is 1. The predicted molar refractivity (Wildman–Crippen MR) is 106 cm³/mol. The van der Waals surface area contributed by atoms with E-state index >= 15 is 0 Å². The summed E-state index contributed by atoms with van der Waals surface area (Å²) < 4.78 is 20.3. The van der Waals surface area contributed by atoms with Crippen molar-refractivity contribution in [3.05, 3.63) is 47.8 Å². The lowest BCUT2D eigenvalue weighted by Crippen LogP contribution is -2.39. The van der Waals surface area contributed by atoms with Crippen LogP contribution in [0.25, 0.3) is 22.0 Å². The lowest BCUT2D eigenvalue weighted by molar-refractivity contribution is 0.0392. The molecule has 1 aliphatic carbocycles. The van der Waals surface area contributed by atoms with E-state index in [9.17, 15) is 9.50 Å². The van der Waals surface area contributed by atoms with Gasteiger partial charge >= 0.3 is 0 Å². The van der Waals surface area contributed by atoms with Gasteiger partial charge in [-0.25, -0.2) is 4.39 Å². The van der Waals surface area contributed by atoms with Crippen molar-refractivity contribution in [1.29, 1.82) is 0 Å². The van der Waals surface area contributed by atoms with E-state index in [0.717, 1.165) is 36.8 Å². The molecular formula is C22H22FN3O2. The molecule has 1 aliphatic heterocycles. The molecule has 5 nitrogen and oxygen atoms in total. The molecule has 5 rings (SSSR count). The van der Waals surface area contributed by atoms with Gasteiger partial charge in [0.25, 0.3) is 0 Å². The first kappa shape index (κ1) is 17.4. The Labute approximate surface area is 162 Å². The zero-order valence-electron chi connectivity index (χ0n) is 15.7. The summed E-state index contributed by atoms with van der Waals surface area (Å²) >= 11 is 0. The number of nitrogens with one attached hydrogen (secondary N) is 1. The molecule has 1 saturated carbocycles. The number of anilines is 1. The number of nitrogens with zero attached hydrogens (tertiary/aromatic N) is 2. The van der Waals surface area contributed by atoms with Gasteiger partial charge in [0.1, 0.15) is 17.3 Å². The van der Waals surface area contributed by atoms with Crippen LogP contribution in [0.4, 0.5) is 10.2 Å². The molecule has 2 N–H and O–H groups in total. The van der Waals surface area contributed by atoms with Crippen LogP contribution in [-0.2, 0) is 4.74 Å². The second kappa shape index (κ2) is 6.71. The van der Waals surface area contributed by atoms with Crippen LogP contribution in [0.3, 0.4) is 0 Å². The highest BCUT2D eigenvalue weighted by molar-refractivity contribution is 6.01. The molecule has 2 heterocycles. The van der Waals surface area contributed by atoms with E-state index in [-0.39, 0.29) is 11.3 Å². The minimum absolute atomic E-state index is 0.0898. The Morgan fingerprint density at radius 2 is 1.79 bits per heavy atom. The van der Waals surface area contributed by atoms with Crippen molar-refractivity contribution in [3.63, 3.8) is 0 Å². The van der Waals surface area contributed by atoms with Gasteiger partial charge in [-0.05, 0) is 37.5 Å². The molecule has 0 radical (unpaired) electrons. The van der Waals surface area contributed by atoms with E-state index in [1.54, 1.807) is 13.0 Å². The van der Waals surface area contributed by atoms with Crippen molar-refractivity contribution < 1.29 is 14.2 Å². The normalized spacial score (nSPS) is 23.9. The van der Waals surface area contributed by atoms with Gasteiger partial charge in [-0.1, -0.05) is 24.3 Å². The van der Waals surface area contributed by atoms with Crippen molar-refractivity contribution in [3.8, 4) is 17.0 Å². The number of aromatic nitrogens is 2. The molecule has 0 amide bonds. The van der Waals surface area contributed by atoms with Crippen LogP contribution in [0.1, 0.15) is 18.4 Å². The number of fused-ring (bicyclic) bond motifs is 3. The Kier molecular flexibility index (Phi) is 4.16. The molecule has 2 bridgehead atoms. The SMILES string of the molecule is Cc1cc(O)c(-c2nnc(NC3C4CCC3COC4)c3ccccc23)c(F)c1. The van der Waals surface area contributed by atoms with Crippen molar-refractivity contribution in [2.45, 2.75) is 25.8 Å². The van der Waals surface area contributed by atoms with Crippen LogP contribution in [0.2, 0.25) is 0 Å². The summed E-state index contributed by atoms with van der Waals surface area (Å²) in [5.74, 6) is 1.05. The molecule has 2 aromatic carbocycles. The second-order valence-electron chi connectivity index (χ2n) is 7.89. The molecule has 144 valence electrons. The maximum absolute atomic E-state index is 14.7. The molecule has 2 fully saturated rings.